The topological polar surface area (TPSA) is 105 Å². The number of aromatic nitrogens is 2. The number of hydrogen-bond acceptors (Lipinski definition) is 6. The molecular formula is C41H40ClFN4O5Si. The zero-order valence-electron chi connectivity index (χ0n) is 29.7. The number of fused-ring (bicyclic) bond motifs is 4. The number of halogens is 2. The third kappa shape index (κ3) is 5.90. The zero-order chi connectivity index (χ0) is 37.2. The summed E-state index contributed by atoms with van der Waals surface area (Å²) in [7, 11) is -3.55. The Bertz CT molecular complexity index is 2310. The minimum absolute atomic E-state index is 0.122. The van der Waals surface area contributed by atoms with Gasteiger partial charge in [-0.05, 0) is 72.6 Å². The van der Waals surface area contributed by atoms with Crippen molar-refractivity contribution in [3.05, 3.63) is 135 Å². The number of aliphatic hydroxyl groups excluding tert-OH is 1. The van der Waals surface area contributed by atoms with Crippen LogP contribution >= 0.6 is 11.6 Å². The molecule has 1 fully saturated rings. The van der Waals surface area contributed by atoms with Crippen LogP contribution in [0.25, 0.3) is 16.5 Å². The summed E-state index contributed by atoms with van der Waals surface area (Å²) in [6.45, 7) is 5.39. The summed E-state index contributed by atoms with van der Waals surface area (Å²) in [6.07, 6.45) is 1.18. The maximum atomic E-state index is 16.5. The molecule has 1 saturated heterocycles. The van der Waals surface area contributed by atoms with Gasteiger partial charge in [-0.1, -0.05) is 73.1 Å². The first-order valence-corrected chi connectivity index (χ1v) is 21.3. The maximum Gasteiger partial charge on any atom is 0.279 e. The van der Waals surface area contributed by atoms with Crippen LogP contribution in [0.1, 0.15) is 35.6 Å². The average molecular weight is 751 g/mol. The van der Waals surface area contributed by atoms with Crippen LogP contribution in [0, 0.1) is 5.92 Å². The van der Waals surface area contributed by atoms with Crippen LogP contribution in [0.5, 0.6) is 0 Å². The van der Waals surface area contributed by atoms with E-state index in [4.69, 9.17) is 16.3 Å². The molecule has 0 radical (unpaired) electrons. The lowest BCUT2D eigenvalue weighted by atomic mass is 9.82. The molecule has 0 aliphatic carbocycles. The molecule has 2 amide bonds. The van der Waals surface area contributed by atoms with Crippen LogP contribution in [0.4, 0.5) is 9.80 Å². The highest BCUT2D eigenvalue weighted by Crippen LogP contribution is 2.60. The first-order chi connectivity index (χ1) is 25.4. The SMILES string of the molecule is C[C@H]1[C@H]([Si](C)(C)F)[C@@H](CC(=O)N2Cc3ccccc3C[C@H]2CO)O[C@]12C(=O)N(Cc1ccc(-n3ncc4ccccc4c3=O)cc1)c1ccc(Cl)cc12. The van der Waals surface area contributed by atoms with Crippen molar-refractivity contribution in [2.45, 2.75) is 69.2 Å². The van der Waals surface area contributed by atoms with Gasteiger partial charge in [0.25, 0.3) is 11.5 Å². The molecule has 12 heteroatoms. The molecule has 53 heavy (non-hydrogen) atoms. The predicted molar refractivity (Wildman–Crippen MR) is 204 cm³/mol. The zero-order valence-corrected chi connectivity index (χ0v) is 31.5. The van der Waals surface area contributed by atoms with E-state index in [-0.39, 0.29) is 36.9 Å². The van der Waals surface area contributed by atoms with Crippen LogP contribution in [-0.2, 0) is 39.4 Å². The van der Waals surface area contributed by atoms with Crippen molar-refractivity contribution in [3.63, 3.8) is 0 Å². The largest absolute Gasteiger partial charge is 0.394 e. The normalized spacial score (nSPS) is 23.8. The summed E-state index contributed by atoms with van der Waals surface area (Å²) in [4.78, 5) is 45.5. The lowest BCUT2D eigenvalue weighted by Crippen LogP contribution is -2.48. The Morgan fingerprint density at radius 2 is 1.74 bits per heavy atom. The van der Waals surface area contributed by atoms with Crippen LogP contribution < -0.4 is 10.5 Å². The molecule has 4 heterocycles. The van der Waals surface area contributed by atoms with Gasteiger partial charge in [-0.25, -0.2) is 0 Å². The van der Waals surface area contributed by atoms with E-state index in [1.165, 1.54) is 4.68 Å². The van der Waals surface area contributed by atoms with Gasteiger partial charge < -0.3 is 23.8 Å². The third-order valence-corrected chi connectivity index (χ3v) is 14.1. The number of ether oxygens (including phenoxy) is 1. The van der Waals surface area contributed by atoms with E-state index in [2.05, 4.69) is 5.10 Å². The molecule has 0 unspecified atom stereocenters. The summed E-state index contributed by atoms with van der Waals surface area (Å²) in [5.41, 5.74) is 2.18. The van der Waals surface area contributed by atoms with Crippen molar-refractivity contribution >= 4 is 48.3 Å². The van der Waals surface area contributed by atoms with Gasteiger partial charge in [0.15, 0.2) is 5.60 Å². The molecular weight excluding hydrogens is 711 g/mol. The number of benzene rings is 4. The van der Waals surface area contributed by atoms with Gasteiger partial charge in [-0.15, -0.1) is 0 Å². The number of nitrogens with zero attached hydrogens (tertiary/aromatic N) is 4. The summed E-state index contributed by atoms with van der Waals surface area (Å²) in [6, 6.07) is 27.3. The smallest absolute Gasteiger partial charge is 0.279 e. The van der Waals surface area contributed by atoms with Crippen molar-refractivity contribution < 1.29 is 23.5 Å². The highest BCUT2D eigenvalue weighted by molar-refractivity contribution is 6.72. The molecule has 0 saturated carbocycles. The standard InChI is InChI=1S/C41H40ClFN4O5Si/c1-25-38(53(2,3)43)36(20-37(49)45-23-29-10-5-4-8-27(29)18-32(45)24-48)52-41(25)34-19-30(42)14-17-35(34)46(40(41)51)22-26-12-15-31(16-13-26)47-39(50)33-11-7-6-9-28(33)21-44-47/h4-17,19,21,25,32,36,38,48H,18,20,22-24H2,1-3H3/t25-,32-,36+,38-,41+/m0/s1. The molecule has 1 aromatic heterocycles. The van der Waals surface area contributed by atoms with Gasteiger partial charge in [0.2, 0.25) is 14.3 Å². The van der Waals surface area contributed by atoms with E-state index in [1.807, 2.05) is 61.5 Å². The lowest BCUT2D eigenvalue weighted by Gasteiger charge is -2.37. The number of aliphatic hydroxyl groups is 1. The predicted octanol–water partition coefficient (Wildman–Crippen LogP) is 6.70. The number of carbonyl (C=O) groups is 2. The van der Waals surface area contributed by atoms with Crippen LogP contribution in [-0.4, -0.2) is 58.8 Å². The highest BCUT2D eigenvalue weighted by atomic mass is 35.5. The fourth-order valence-corrected chi connectivity index (χ4v) is 11.6. The fourth-order valence-electron chi connectivity index (χ4n) is 8.91. The van der Waals surface area contributed by atoms with Crippen molar-refractivity contribution in [2.24, 2.45) is 5.92 Å². The first-order valence-electron chi connectivity index (χ1n) is 17.9. The van der Waals surface area contributed by atoms with E-state index in [0.29, 0.717) is 40.3 Å². The molecule has 9 nitrogen and oxygen atoms in total. The number of amides is 2. The number of rotatable bonds is 7. The molecule has 272 valence electrons. The van der Waals surface area contributed by atoms with Gasteiger partial charge in [-0.3, -0.25) is 14.4 Å². The summed E-state index contributed by atoms with van der Waals surface area (Å²) >= 11 is 6.57. The molecule has 3 aliphatic heterocycles. The van der Waals surface area contributed by atoms with E-state index >= 15 is 4.11 Å². The Kier molecular flexibility index (Phi) is 8.88. The fraction of sp³-hybridized carbons (Fsp3) is 0.317. The first kappa shape index (κ1) is 35.4. The number of anilines is 1. The van der Waals surface area contributed by atoms with E-state index < -0.39 is 37.6 Å². The van der Waals surface area contributed by atoms with Crippen LogP contribution in [0.2, 0.25) is 23.7 Å². The van der Waals surface area contributed by atoms with E-state index in [9.17, 15) is 19.5 Å². The minimum Gasteiger partial charge on any atom is -0.394 e. The number of hydrogen-bond donors (Lipinski definition) is 1. The van der Waals surface area contributed by atoms with E-state index in [1.54, 1.807) is 65.5 Å². The van der Waals surface area contributed by atoms with Crippen LogP contribution in [0.3, 0.4) is 0 Å². The minimum atomic E-state index is -3.55. The van der Waals surface area contributed by atoms with E-state index in [0.717, 1.165) is 22.1 Å². The molecule has 0 bridgehead atoms. The van der Waals surface area contributed by atoms with Crippen molar-refractivity contribution in [1.29, 1.82) is 0 Å². The lowest BCUT2D eigenvalue weighted by molar-refractivity contribution is -0.151. The molecule has 5 aromatic rings. The van der Waals surface area contributed by atoms with Crippen LogP contribution in [0.15, 0.2) is 102 Å². The molecule has 5 atom stereocenters. The Labute approximate surface area is 312 Å². The van der Waals surface area contributed by atoms with Crippen molar-refractivity contribution in [3.8, 4) is 5.69 Å². The van der Waals surface area contributed by atoms with Crippen molar-refractivity contribution in [2.75, 3.05) is 11.5 Å². The van der Waals surface area contributed by atoms with Gasteiger partial charge in [0, 0.05) is 34.0 Å². The molecule has 8 rings (SSSR count). The average Bonchev–Trinajstić information content (AvgIpc) is 3.57. The highest BCUT2D eigenvalue weighted by Gasteiger charge is 2.67. The van der Waals surface area contributed by atoms with Gasteiger partial charge in [0.1, 0.15) is 0 Å². The molecule has 3 aliphatic rings. The number of carbonyl (C=O) groups excluding carboxylic acids is 2. The van der Waals surface area contributed by atoms with Gasteiger partial charge in [0.05, 0.1) is 54.7 Å². The monoisotopic (exact) mass is 750 g/mol. The third-order valence-electron chi connectivity index (χ3n) is 11.4. The molecule has 1 spiro atoms. The summed E-state index contributed by atoms with van der Waals surface area (Å²) in [5.74, 6) is -1.19. The Balaban J connectivity index is 1.10. The molecule has 4 aromatic carbocycles. The Morgan fingerprint density at radius 3 is 2.47 bits per heavy atom. The van der Waals surface area contributed by atoms with Gasteiger partial charge in [-0.2, -0.15) is 9.78 Å². The second kappa shape index (κ2) is 13.3. The Morgan fingerprint density at radius 1 is 1.02 bits per heavy atom. The second-order valence-corrected chi connectivity index (χ2v) is 19.2. The quantitative estimate of drug-likeness (QED) is 0.147. The van der Waals surface area contributed by atoms with Crippen molar-refractivity contribution in [1.82, 2.24) is 14.7 Å². The molecule has 1 N–H and O–H groups in total. The summed E-state index contributed by atoms with van der Waals surface area (Å²) < 4.78 is 24.7. The summed E-state index contributed by atoms with van der Waals surface area (Å²) in [5, 5.41) is 16.4. The Hall–Kier alpha value is -4.68. The second-order valence-electron chi connectivity index (χ2n) is 15.0. The maximum absolute atomic E-state index is 16.5. The van der Waals surface area contributed by atoms with Gasteiger partial charge >= 0.3 is 0 Å².